The molecule has 0 spiro atoms. The van der Waals surface area contributed by atoms with Crippen LogP contribution in [-0.4, -0.2) is 41.0 Å². The number of hydrogen-bond donors (Lipinski definition) is 1. The normalized spacial score (nSPS) is 17.2. The van der Waals surface area contributed by atoms with Gasteiger partial charge in [-0.15, -0.1) is 0 Å². The van der Waals surface area contributed by atoms with Crippen molar-refractivity contribution in [1.82, 2.24) is 14.1 Å². The van der Waals surface area contributed by atoms with Crippen molar-refractivity contribution >= 4 is 21.7 Å². The van der Waals surface area contributed by atoms with E-state index in [0.717, 1.165) is 24.8 Å². The number of aromatic nitrogens is 2. The lowest BCUT2D eigenvalue weighted by Gasteiger charge is -2.32. The van der Waals surface area contributed by atoms with Gasteiger partial charge in [0.25, 0.3) is 5.91 Å². The highest BCUT2D eigenvalue weighted by atomic mass is 32.2. The largest absolute Gasteiger partial charge is 0.307 e. The molecule has 32 heavy (non-hydrogen) atoms. The maximum Gasteiger partial charge on any atom is 0.256 e. The molecule has 1 saturated heterocycles. The number of anilines is 1. The molecular weight excluding hydrogens is 424 g/mol. The molecule has 8 heteroatoms. The number of benzene rings is 2. The minimum atomic E-state index is -3.65. The van der Waals surface area contributed by atoms with E-state index in [9.17, 15) is 13.2 Å². The molecule has 7 nitrogen and oxygen atoms in total. The van der Waals surface area contributed by atoms with E-state index in [0.29, 0.717) is 24.5 Å². The van der Waals surface area contributed by atoms with E-state index >= 15 is 0 Å². The molecule has 0 aliphatic carbocycles. The SMILES string of the molecule is Cc1ccc(Cn2nccc2NC(=O)c2cccc(S(=O)(=O)N3CCCCC3C)c2)cc1. The summed E-state index contributed by atoms with van der Waals surface area (Å²) in [5.74, 6) is 0.174. The smallest absolute Gasteiger partial charge is 0.256 e. The number of piperidine rings is 1. The van der Waals surface area contributed by atoms with Crippen molar-refractivity contribution in [2.75, 3.05) is 11.9 Å². The summed E-state index contributed by atoms with van der Waals surface area (Å²) in [6.45, 7) is 4.99. The fourth-order valence-electron chi connectivity index (χ4n) is 3.98. The molecule has 0 saturated carbocycles. The maximum atomic E-state index is 13.2. The zero-order valence-corrected chi connectivity index (χ0v) is 19.2. The van der Waals surface area contributed by atoms with Gasteiger partial charge in [0.05, 0.1) is 17.6 Å². The van der Waals surface area contributed by atoms with Crippen molar-refractivity contribution in [3.05, 3.63) is 77.5 Å². The van der Waals surface area contributed by atoms with Crippen molar-refractivity contribution in [1.29, 1.82) is 0 Å². The molecule has 168 valence electrons. The predicted molar refractivity (Wildman–Crippen MR) is 124 cm³/mol. The monoisotopic (exact) mass is 452 g/mol. The summed E-state index contributed by atoms with van der Waals surface area (Å²) in [5.41, 5.74) is 2.54. The van der Waals surface area contributed by atoms with E-state index in [2.05, 4.69) is 10.4 Å². The average molecular weight is 453 g/mol. The van der Waals surface area contributed by atoms with Gasteiger partial charge in [-0.05, 0) is 50.5 Å². The highest BCUT2D eigenvalue weighted by molar-refractivity contribution is 7.89. The Balaban J connectivity index is 1.52. The van der Waals surface area contributed by atoms with Crippen molar-refractivity contribution in [2.24, 2.45) is 0 Å². The number of aryl methyl sites for hydroxylation is 1. The van der Waals surface area contributed by atoms with Gasteiger partial charge in [0, 0.05) is 24.2 Å². The molecule has 0 radical (unpaired) electrons. The lowest BCUT2D eigenvalue weighted by molar-refractivity contribution is 0.102. The number of nitrogens with one attached hydrogen (secondary N) is 1. The molecule has 4 rings (SSSR count). The zero-order valence-electron chi connectivity index (χ0n) is 18.4. The Hall–Kier alpha value is -2.97. The summed E-state index contributed by atoms with van der Waals surface area (Å²) in [6, 6.07) is 16.0. The maximum absolute atomic E-state index is 13.2. The van der Waals surface area contributed by atoms with Gasteiger partial charge in [-0.3, -0.25) is 4.79 Å². The molecule has 1 amide bonds. The van der Waals surface area contributed by atoms with Crippen LogP contribution in [0.4, 0.5) is 5.82 Å². The number of rotatable bonds is 6. The van der Waals surface area contributed by atoms with E-state index in [1.54, 1.807) is 39.4 Å². The molecule has 1 aliphatic heterocycles. The molecule has 1 N–H and O–H groups in total. The number of nitrogens with zero attached hydrogens (tertiary/aromatic N) is 3. The Morgan fingerprint density at radius 1 is 1.12 bits per heavy atom. The van der Waals surface area contributed by atoms with E-state index < -0.39 is 10.0 Å². The number of carbonyl (C=O) groups is 1. The lowest BCUT2D eigenvalue weighted by Crippen LogP contribution is -2.41. The summed E-state index contributed by atoms with van der Waals surface area (Å²) in [7, 11) is -3.65. The van der Waals surface area contributed by atoms with Crippen LogP contribution >= 0.6 is 0 Å². The topological polar surface area (TPSA) is 84.3 Å². The third-order valence-corrected chi connectivity index (χ3v) is 7.87. The van der Waals surface area contributed by atoms with Crippen LogP contribution in [0.25, 0.3) is 0 Å². The molecule has 2 aromatic carbocycles. The molecule has 0 bridgehead atoms. The Labute approximate surface area is 189 Å². The Kier molecular flexibility index (Phi) is 6.43. The van der Waals surface area contributed by atoms with Crippen LogP contribution in [0, 0.1) is 6.92 Å². The highest BCUT2D eigenvalue weighted by Gasteiger charge is 2.31. The first-order valence-corrected chi connectivity index (χ1v) is 12.3. The standard InChI is InChI=1S/C24H28N4O3S/c1-18-9-11-20(12-10-18)17-27-23(13-14-25-27)26-24(29)21-7-5-8-22(16-21)32(30,31)28-15-4-3-6-19(28)2/h5,7-14,16,19H,3-4,6,15,17H2,1-2H3,(H,26,29). The Bertz CT molecular complexity index is 1200. The van der Waals surface area contributed by atoms with Crippen LogP contribution in [0.15, 0.2) is 65.7 Å². The van der Waals surface area contributed by atoms with Gasteiger partial charge in [0.15, 0.2) is 0 Å². The van der Waals surface area contributed by atoms with Crippen molar-refractivity contribution in [3.8, 4) is 0 Å². The van der Waals surface area contributed by atoms with Gasteiger partial charge in [-0.25, -0.2) is 13.1 Å². The van der Waals surface area contributed by atoms with Crippen LogP contribution in [0.3, 0.4) is 0 Å². The number of hydrogen-bond acceptors (Lipinski definition) is 4. The van der Waals surface area contributed by atoms with Gasteiger partial charge < -0.3 is 5.32 Å². The zero-order chi connectivity index (χ0) is 22.7. The van der Waals surface area contributed by atoms with Gasteiger partial charge in [0.1, 0.15) is 5.82 Å². The molecule has 1 atom stereocenters. The molecule has 1 unspecified atom stereocenters. The van der Waals surface area contributed by atoms with Gasteiger partial charge in [-0.2, -0.15) is 9.40 Å². The van der Waals surface area contributed by atoms with Gasteiger partial charge >= 0.3 is 0 Å². The molecule has 1 aliphatic rings. The average Bonchev–Trinajstić information content (AvgIpc) is 3.22. The molecular formula is C24H28N4O3S. The van der Waals surface area contributed by atoms with Crippen LogP contribution < -0.4 is 5.32 Å². The summed E-state index contributed by atoms with van der Waals surface area (Å²) < 4.78 is 29.6. The first-order valence-electron chi connectivity index (χ1n) is 10.9. The van der Waals surface area contributed by atoms with Crippen LogP contribution in [0.5, 0.6) is 0 Å². The van der Waals surface area contributed by atoms with Crippen LogP contribution in [0.2, 0.25) is 0 Å². The lowest BCUT2D eigenvalue weighted by atomic mass is 10.1. The highest BCUT2D eigenvalue weighted by Crippen LogP contribution is 2.25. The Morgan fingerprint density at radius 3 is 2.66 bits per heavy atom. The van der Waals surface area contributed by atoms with E-state index in [-0.39, 0.29) is 16.8 Å². The summed E-state index contributed by atoms with van der Waals surface area (Å²) in [4.78, 5) is 13.1. The first kappa shape index (κ1) is 22.2. The fourth-order valence-corrected chi connectivity index (χ4v) is 5.73. The summed E-state index contributed by atoms with van der Waals surface area (Å²) >= 11 is 0. The Morgan fingerprint density at radius 2 is 1.91 bits per heavy atom. The van der Waals surface area contributed by atoms with Gasteiger partial charge in [-0.1, -0.05) is 42.3 Å². The fraction of sp³-hybridized carbons (Fsp3) is 0.333. The quantitative estimate of drug-likeness (QED) is 0.611. The minimum absolute atomic E-state index is 0.0395. The minimum Gasteiger partial charge on any atom is -0.307 e. The van der Waals surface area contributed by atoms with Crippen molar-refractivity contribution < 1.29 is 13.2 Å². The van der Waals surface area contributed by atoms with E-state index in [1.165, 1.54) is 11.6 Å². The van der Waals surface area contributed by atoms with Crippen LogP contribution in [-0.2, 0) is 16.6 Å². The number of amides is 1. The number of carbonyl (C=O) groups excluding carboxylic acids is 1. The van der Waals surface area contributed by atoms with Gasteiger partial charge in [0.2, 0.25) is 10.0 Å². The molecule has 2 heterocycles. The second kappa shape index (κ2) is 9.26. The number of sulfonamides is 1. The molecule has 3 aromatic rings. The summed E-state index contributed by atoms with van der Waals surface area (Å²) in [5, 5.41) is 7.16. The molecule has 1 aromatic heterocycles. The van der Waals surface area contributed by atoms with Crippen LogP contribution in [0.1, 0.15) is 47.7 Å². The summed E-state index contributed by atoms with van der Waals surface area (Å²) in [6.07, 6.45) is 4.37. The van der Waals surface area contributed by atoms with Crippen molar-refractivity contribution in [3.63, 3.8) is 0 Å². The second-order valence-electron chi connectivity index (χ2n) is 8.30. The van der Waals surface area contributed by atoms with Crippen molar-refractivity contribution in [2.45, 2.75) is 50.6 Å². The molecule has 1 fully saturated rings. The first-order chi connectivity index (χ1) is 15.3. The third kappa shape index (κ3) is 4.76. The van der Waals surface area contributed by atoms with E-state index in [1.807, 2.05) is 38.1 Å². The predicted octanol–water partition coefficient (Wildman–Crippen LogP) is 4.06. The third-order valence-electron chi connectivity index (χ3n) is 5.86. The second-order valence-corrected chi connectivity index (χ2v) is 10.2. The van der Waals surface area contributed by atoms with E-state index in [4.69, 9.17) is 0 Å².